The third-order valence-electron chi connectivity index (χ3n) is 2.45. The van der Waals surface area contributed by atoms with Crippen LogP contribution in [0.5, 0.6) is 0 Å². The molecule has 2 rings (SSSR count). The fraction of sp³-hybridized carbons (Fsp3) is 0.273. The summed E-state index contributed by atoms with van der Waals surface area (Å²) in [4.78, 5) is 6.09. The molecule has 2 aromatic heterocycles. The second-order valence-corrected chi connectivity index (χ2v) is 3.83. The largest absolute Gasteiger partial charge is 0.371 e. The number of nitrogens with zero attached hydrogens (tertiary/aromatic N) is 4. The van der Waals surface area contributed by atoms with Crippen LogP contribution in [0.2, 0.25) is 5.15 Å². The molecule has 5 heteroatoms. The van der Waals surface area contributed by atoms with Crippen molar-refractivity contribution in [3.05, 3.63) is 35.9 Å². The lowest BCUT2D eigenvalue weighted by atomic mass is 10.4. The van der Waals surface area contributed by atoms with Gasteiger partial charge in [-0.05, 0) is 19.1 Å². The van der Waals surface area contributed by atoms with E-state index in [1.165, 1.54) is 0 Å². The highest BCUT2D eigenvalue weighted by Gasteiger charge is 2.10. The van der Waals surface area contributed by atoms with Crippen LogP contribution in [0.15, 0.2) is 30.7 Å². The number of anilines is 1. The van der Waals surface area contributed by atoms with E-state index in [0.29, 0.717) is 5.15 Å². The molecule has 4 nitrogen and oxygen atoms in total. The number of hydrogen-bond donors (Lipinski definition) is 0. The zero-order valence-corrected chi connectivity index (χ0v) is 10.0. The van der Waals surface area contributed by atoms with Crippen LogP contribution in [-0.4, -0.2) is 28.4 Å². The van der Waals surface area contributed by atoms with Crippen LogP contribution >= 0.6 is 11.6 Å². The Kier molecular flexibility index (Phi) is 3.10. The van der Waals surface area contributed by atoms with Crippen LogP contribution < -0.4 is 4.90 Å². The Balaban J connectivity index is 2.38. The molecule has 0 N–H and O–H groups in total. The van der Waals surface area contributed by atoms with Gasteiger partial charge in [-0.3, -0.25) is 4.98 Å². The minimum atomic E-state index is 0.508. The Morgan fingerprint density at radius 2 is 2.31 bits per heavy atom. The number of pyridine rings is 1. The number of aromatic nitrogens is 3. The van der Waals surface area contributed by atoms with Gasteiger partial charge in [0, 0.05) is 19.8 Å². The zero-order chi connectivity index (χ0) is 11.5. The van der Waals surface area contributed by atoms with E-state index in [-0.39, 0.29) is 0 Å². The molecule has 0 fully saturated rings. The SMILES string of the molecule is CCN(C)c1cn(-c2cccnc2)nc1Cl. The quantitative estimate of drug-likeness (QED) is 0.821. The molecule has 0 unspecified atom stereocenters. The second-order valence-electron chi connectivity index (χ2n) is 3.48. The van der Waals surface area contributed by atoms with Gasteiger partial charge in [0.2, 0.25) is 0 Å². The van der Waals surface area contributed by atoms with Gasteiger partial charge in [0.1, 0.15) is 0 Å². The second kappa shape index (κ2) is 4.53. The monoisotopic (exact) mass is 236 g/mol. The Bertz CT molecular complexity index is 466. The van der Waals surface area contributed by atoms with E-state index in [2.05, 4.69) is 17.0 Å². The summed E-state index contributed by atoms with van der Waals surface area (Å²) >= 11 is 6.07. The van der Waals surface area contributed by atoms with Gasteiger partial charge in [-0.15, -0.1) is 0 Å². The summed E-state index contributed by atoms with van der Waals surface area (Å²) < 4.78 is 1.73. The highest BCUT2D eigenvalue weighted by Crippen LogP contribution is 2.24. The van der Waals surface area contributed by atoms with E-state index in [1.807, 2.05) is 30.3 Å². The fourth-order valence-corrected chi connectivity index (χ4v) is 1.67. The molecule has 0 spiro atoms. The van der Waals surface area contributed by atoms with Crippen LogP contribution in [0.3, 0.4) is 0 Å². The maximum atomic E-state index is 6.07. The van der Waals surface area contributed by atoms with Gasteiger partial charge in [-0.2, -0.15) is 5.10 Å². The van der Waals surface area contributed by atoms with Crippen molar-refractivity contribution in [2.24, 2.45) is 0 Å². The van der Waals surface area contributed by atoms with Gasteiger partial charge in [0.25, 0.3) is 0 Å². The molecule has 0 aromatic carbocycles. The number of halogens is 1. The predicted molar refractivity (Wildman–Crippen MR) is 65.3 cm³/mol. The molecular weight excluding hydrogens is 224 g/mol. The predicted octanol–water partition coefficient (Wildman–Crippen LogP) is 2.38. The van der Waals surface area contributed by atoms with Crippen molar-refractivity contribution in [3.8, 4) is 5.69 Å². The standard InChI is InChI=1S/C11H13ClN4/c1-3-15(2)10-8-16(14-11(10)12)9-5-4-6-13-7-9/h4-8H,3H2,1-2H3. The van der Waals surface area contributed by atoms with Crippen LogP contribution in [0, 0.1) is 0 Å². The normalized spacial score (nSPS) is 10.4. The average Bonchev–Trinajstić information content (AvgIpc) is 2.71. The molecule has 0 saturated heterocycles. The molecule has 0 aliphatic heterocycles. The van der Waals surface area contributed by atoms with E-state index < -0.39 is 0 Å². The van der Waals surface area contributed by atoms with Crippen LogP contribution in [-0.2, 0) is 0 Å². The molecule has 0 aliphatic carbocycles. The highest BCUT2D eigenvalue weighted by molar-refractivity contribution is 6.32. The van der Waals surface area contributed by atoms with Crippen molar-refractivity contribution in [2.45, 2.75) is 6.92 Å². The van der Waals surface area contributed by atoms with Gasteiger partial charge in [0.05, 0.1) is 23.8 Å². The lowest BCUT2D eigenvalue weighted by molar-refractivity contribution is 0.873. The van der Waals surface area contributed by atoms with E-state index in [4.69, 9.17) is 11.6 Å². The van der Waals surface area contributed by atoms with Crippen molar-refractivity contribution in [1.29, 1.82) is 0 Å². The minimum absolute atomic E-state index is 0.508. The lowest BCUT2D eigenvalue weighted by Gasteiger charge is -2.13. The summed E-state index contributed by atoms with van der Waals surface area (Å²) in [6.45, 7) is 2.95. The smallest absolute Gasteiger partial charge is 0.174 e. The molecule has 0 bridgehead atoms. The summed E-state index contributed by atoms with van der Waals surface area (Å²) in [5.74, 6) is 0. The maximum absolute atomic E-state index is 6.07. The first kappa shape index (κ1) is 11.0. The molecule has 0 aliphatic rings. The molecule has 0 radical (unpaired) electrons. The van der Waals surface area contributed by atoms with Crippen molar-refractivity contribution < 1.29 is 0 Å². The number of hydrogen-bond acceptors (Lipinski definition) is 3. The first-order valence-corrected chi connectivity index (χ1v) is 5.47. The molecule has 2 heterocycles. The van der Waals surface area contributed by atoms with Crippen LogP contribution in [0.25, 0.3) is 5.69 Å². The van der Waals surface area contributed by atoms with E-state index in [1.54, 1.807) is 17.1 Å². The first-order valence-electron chi connectivity index (χ1n) is 5.09. The van der Waals surface area contributed by atoms with Gasteiger partial charge in [-0.1, -0.05) is 11.6 Å². The van der Waals surface area contributed by atoms with E-state index in [9.17, 15) is 0 Å². The average molecular weight is 237 g/mol. The zero-order valence-electron chi connectivity index (χ0n) is 9.26. The highest BCUT2D eigenvalue weighted by atomic mass is 35.5. The van der Waals surface area contributed by atoms with Crippen molar-refractivity contribution in [2.75, 3.05) is 18.5 Å². The van der Waals surface area contributed by atoms with Crippen LogP contribution in [0.1, 0.15) is 6.92 Å². The van der Waals surface area contributed by atoms with E-state index >= 15 is 0 Å². The summed E-state index contributed by atoms with van der Waals surface area (Å²) in [5, 5.41) is 4.76. The Morgan fingerprint density at radius 3 is 2.94 bits per heavy atom. The molecule has 0 saturated carbocycles. The van der Waals surface area contributed by atoms with Crippen molar-refractivity contribution in [3.63, 3.8) is 0 Å². The summed E-state index contributed by atoms with van der Waals surface area (Å²) in [6.07, 6.45) is 5.38. The summed E-state index contributed by atoms with van der Waals surface area (Å²) in [6, 6.07) is 3.81. The van der Waals surface area contributed by atoms with Crippen molar-refractivity contribution >= 4 is 17.3 Å². The summed E-state index contributed by atoms with van der Waals surface area (Å²) in [5.41, 5.74) is 1.83. The Hall–Kier alpha value is -1.55. The van der Waals surface area contributed by atoms with Crippen LogP contribution in [0.4, 0.5) is 5.69 Å². The molecule has 84 valence electrons. The molecular formula is C11H13ClN4. The molecule has 0 atom stereocenters. The maximum Gasteiger partial charge on any atom is 0.174 e. The Morgan fingerprint density at radius 1 is 1.50 bits per heavy atom. The van der Waals surface area contributed by atoms with Gasteiger partial charge in [0.15, 0.2) is 5.15 Å². The van der Waals surface area contributed by atoms with Gasteiger partial charge >= 0.3 is 0 Å². The third-order valence-corrected chi connectivity index (χ3v) is 2.72. The van der Waals surface area contributed by atoms with Gasteiger partial charge < -0.3 is 4.90 Å². The van der Waals surface area contributed by atoms with Gasteiger partial charge in [-0.25, -0.2) is 4.68 Å². The third kappa shape index (κ3) is 2.02. The van der Waals surface area contributed by atoms with Crippen molar-refractivity contribution in [1.82, 2.24) is 14.8 Å². The lowest BCUT2D eigenvalue weighted by Crippen LogP contribution is -2.15. The molecule has 0 amide bonds. The first-order chi connectivity index (χ1) is 7.72. The fourth-order valence-electron chi connectivity index (χ4n) is 1.39. The van der Waals surface area contributed by atoms with E-state index in [0.717, 1.165) is 17.9 Å². The summed E-state index contributed by atoms with van der Waals surface area (Å²) in [7, 11) is 1.98. The molecule has 16 heavy (non-hydrogen) atoms. The molecule has 2 aromatic rings. The topological polar surface area (TPSA) is 34.0 Å². The Labute approximate surface area is 99.5 Å². The number of rotatable bonds is 3. The minimum Gasteiger partial charge on any atom is -0.371 e.